The van der Waals surface area contributed by atoms with E-state index in [0.717, 1.165) is 6.42 Å². The van der Waals surface area contributed by atoms with Gasteiger partial charge in [-0.2, -0.15) is 5.26 Å². The van der Waals surface area contributed by atoms with Gasteiger partial charge in [-0.05, 0) is 27.2 Å². The van der Waals surface area contributed by atoms with E-state index in [1.165, 1.54) is 4.90 Å². The van der Waals surface area contributed by atoms with E-state index < -0.39 is 23.2 Å². The van der Waals surface area contributed by atoms with Crippen molar-refractivity contribution in [1.29, 1.82) is 5.26 Å². The highest BCUT2D eigenvalue weighted by Gasteiger charge is 2.50. The Morgan fingerprint density at radius 2 is 2.11 bits per heavy atom. The number of rotatable bonds is 3. The fourth-order valence-corrected chi connectivity index (χ4v) is 2.03. The molecule has 0 aliphatic carbocycles. The molecule has 0 bridgehead atoms. The number of hydrogen-bond donors (Lipinski definition) is 1. The van der Waals surface area contributed by atoms with Crippen LogP contribution < -0.4 is 0 Å². The summed E-state index contributed by atoms with van der Waals surface area (Å²) in [5.41, 5.74) is -1.61. The maximum atomic E-state index is 11.7. The van der Waals surface area contributed by atoms with Gasteiger partial charge in [0.25, 0.3) is 0 Å². The molecule has 0 saturated carbocycles. The lowest BCUT2D eigenvalue weighted by atomic mass is 9.79. The first kappa shape index (κ1) is 14.8. The van der Waals surface area contributed by atoms with Gasteiger partial charge in [0.05, 0.1) is 25.1 Å². The van der Waals surface area contributed by atoms with Crippen LogP contribution in [-0.4, -0.2) is 40.4 Å². The molecule has 1 aliphatic heterocycles. The fraction of sp³-hybridized carbons (Fsp3) is 0.846. The van der Waals surface area contributed by atoms with Crippen LogP contribution in [0.15, 0.2) is 0 Å². The predicted molar refractivity (Wildman–Crippen MR) is 66.8 cm³/mol. The average Bonchev–Trinajstić information content (AvgIpc) is 2.18. The minimum Gasteiger partial charge on any atom is -0.444 e. The minimum absolute atomic E-state index is 0.181. The Bertz CT molecular complexity index is 348. The van der Waals surface area contributed by atoms with Gasteiger partial charge >= 0.3 is 6.09 Å². The van der Waals surface area contributed by atoms with E-state index in [2.05, 4.69) is 6.07 Å². The molecule has 1 saturated heterocycles. The Kier molecular flexibility index (Phi) is 4.23. The lowest BCUT2D eigenvalue weighted by Crippen LogP contribution is -2.67. The Hall–Kier alpha value is -1.28. The smallest absolute Gasteiger partial charge is 0.410 e. The second kappa shape index (κ2) is 5.15. The van der Waals surface area contributed by atoms with Gasteiger partial charge in [0.1, 0.15) is 11.2 Å². The zero-order valence-corrected chi connectivity index (χ0v) is 11.6. The van der Waals surface area contributed by atoms with E-state index in [1.54, 1.807) is 20.8 Å². The third-order valence-electron chi connectivity index (χ3n) is 2.96. The number of aliphatic hydroxyl groups is 1. The van der Waals surface area contributed by atoms with Gasteiger partial charge < -0.3 is 14.7 Å². The molecule has 1 unspecified atom stereocenters. The summed E-state index contributed by atoms with van der Waals surface area (Å²) in [6.45, 7) is 7.72. The van der Waals surface area contributed by atoms with Crippen LogP contribution in [0.25, 0.3) is 0 Å². The maximum Gasteiger partial charge on any atom is 0.410 e. The van der Waals surface area contributed by atoms with E-state index in [9.17, 15) is 9.90 Å². The number of ether oxygens (including phenoxy) is 1. The lowest BCUT2D eigenvalue weighted by Gasteiger charge is -2.48. The van der Waals surface area contributed by atoms with Gasteiger partial charge in [0.2, 0.25) is 0 Å². The van der Waals surface area contributed by atoms with E-state index in [-0.39, 0.29) is 13.1 Å². The van der Waals surface area contributed by atoms with Crippen LogP contribution >= 0.6 is 0 Å². The summed E-state index contributed by atoms with van der Waals surface area (Å²) < 4.78 is 5.20. The first-order valence-electron chi connectivity index (χ1n) is 6.32. The molecule has 0 radical (unpaired) electrons. The molecular weight excluding hydrogens is 232 g/mol. The molecule has 1 fully saturated rings. The molecule has 1 N–H and O–H groups in total. The molecule has 1 rings (SSSR count). The van der Waals surface area contributed by atoms with Crippen LogP contribution in [0, 0.1) is 17.2 Å². The van der Waals surface area contributed by atoms with Crippen LogP contribution in [0.2, 0.25) is 0 Å². The predicted octanol–water partition coefficient (Wildman–Crippen LogP) is 1.91. The van der Waals surface area contributed by atoms with E-state index in [4.69, 9.17) is 10.00 Å². The number of carbonyl (C=O) groups excluding carboxylic acids is 1. The number of β-amino-alcohol motifs (C(OH)–C–C–N with tert-alkyl or cyclic N) is 1. The van der Waals surface area contributed by atoms with Crippen molar-refractivity contribution in [3.05, 3.63) is 0 Å². The van der Waals surface area contributed by atoms with Gasteiger partial charge in [-0.3, -0.25) is 0 Å². The van der Waals surface area contributed by atoms with Crippen LogP contribution in [0.1, 0.15) is 40.5 Å². The molecule has 0 aromatic heterocycles. The topological polar surface area (TPSA) is 73.6 Å². The van der Waals surface area contributed by atoms with Gasteiger partial charge in [0, 0.05) is 0 Å². The van der Waals surface area contributed by atoms with E-state index >= 15 is 0 Å². The zero-order chi connectivity index (χ0) is 14.0. The monoisotopic (exact) mass is 254 g/mol. The Morgan fingerprint density at radius 1 is 1.56 bits per heavy atom. The van der Waals surface area contributed by atoms with Crippen molar-refractivity contribution >= 4 is 6.09 Å². The number of nitriles is 1. The summed E-state index contributed by atoms with van der Waals surface area (Å²) >= 11 is 0. The minimum atomic E-state index is -1.07. The molecule has 5 nitrogen and oxygen atoms in total. The van der Waals surface area contributed by atoms with Gasteiger partial charge in [-0.1, -0.05) is 13.3 Å². The standard InChI is InChI=1S/C13H22N2O3/c1-5-6-10(7-14)13(17)8-15(9-13)11(16)18-12(2,3)4/h10,17H,5-6,8-9H2,1-4H3. The summed E-state index contributed by atoms with van der Waals surface area (Å²) in [6.07, 6.45) is 1.06. The second-order valence-electron chi connectivity index (χ2n) is 5.91. The summed E-state index contributed by atoms with van der Waals surface area (Å²) in [5, 5.41) is 19.3. The highest BCUT2D eigenvalue weighted by molar-refractivity contribution is 5.69. The number of nitrogens with zero attached hydrogens (tertiary/aromatic N) is 2. The summed E-state index contributed by atoms with van der Waals surface area (Å²) in [6, 6.07) is 2.12. The first-order chi connectivity index (χ1) is 8.22. The average molecular weight is 254 g/mol. The highest BCUT2D eigenvalue weighted by Crippen LogP contribution is 2.32. The van der Waals surface area contributed by atoms with Crippen molar-refractivity contribution in [3.63, 3.8) is 0 Å². The first-order valence-corrected chi connectivity index (χ1v) is 6.32. The Labute approximate surface area is 108 Å². The zero-order valence-electron chi connectivity index (χ0n) is 11.6. The molecule has 0 aromatic carbocycles. The quantitative estimate of drug-likeness (QED) is 0.835. The Balaban J connectivity index is 2.52. The van der Waals surface area contributed by atoms with Crippen LogP contribution in [-0.2, 0) is 4.74 Å². The van der Waals surface area contributed by atoms with Crippen molar-refractivity contribution in [2.24, 2.45) is 5.92 Å². The fourth-order valence-electron chi connectivity index (χ4n) is 2.03. The molecule has 102 valence electrons. The third-order valence-corrected chi connectivity index (χ3v) is 2.96. The van der Waals surface area contributed by atoms with Crippen molar-refractivity contribution in [2.75, 3.05) is 13.1 Å². The molecule has 0 aromatic rings. The largest absolute Gasteiger partial charge is 0.444 e. The SMILES string of the molecule is CCCC(C#N)C1(O)CN(C(=O)OC(C)(C)C)C1. The molecule has 1 heterocycles. The van der Waals surface area contributed by atoms with E-state index in [0.29, 0.717) is 6.42 Å². The van der Waals surface area contributed by atoms with Crippen LogP contribution in [0.3, 0.4) is 0 Å². The van der Waals surface area contributed by atoms with Crippen molar-refractivity contribution < 1.29 is 14.6 Å². The number of amides is 1. The van der Waals surface area contributed by atoms with Gasteiger partial charge in [0.15, 0.2) is 0 Å². The number of likely N-dealkylation sites (tertiary alicyclic amines) is 1. The van der Waals surface area contributed by atoms with Gasteiger partial charge in [-0.25, -0.2) is 4.79 Å². The maximum absolute atomic E-state index is 11.7. The lowest BCUT2D eigenvalue weighted by molar-refractivity contribution is -0.121. The molecular formula is C13H22N2O3. The summed E-state index contributed by atoms with van der Waals surface area (Å²) in [4.78, 5) is 13.1. The summed E-state index contributed by atoms with van der Waals surface area (Å²) in [7, 11) is 0. The Morgan fingerprint density at radius 3 is 2.50 bits per heavy atom. The molecule has 18 heavy (non-hydrogen) atoms. The molecule has 0 spiro atoms. The second-order valence-corrected chi connectivity index (χ2v) is 5.91. The van der Waals surface area contributed by atoms with E-state index in [1.807, 2.05) is 6.92 Å². The van der Waals surface area contributed by atoms with Gasteiger partial charge in [-0.15, -0.1) is 0 Å². The van der Waals surface area contributed by atoms with Crippen molar-refractivity contribution in [2.45, 2.75) is 51.7 Å². The number of hydrogen-bond acceptors (Lipinski definition) is 4. The van der Waals surface area contributed by atoms with Crippen LogP contribution in [0.4, 0.5) is 4.79 Å². The molecule has 5 heteroatoms. The van der Waals surface area contributed by atoms with Crippen molar-refractivity contribution in [1.82, 2.24) is 4.90 Å². The normalized spacial score (nSPS) is 19.7. The molecule has 1 amide bonds. The molecule has 1 atom stereocenters. The van der Waals surface area contributed by atoms with Crippen molar-refractivity contribution in [3.8, 4) is 6.07 Å². The number of carbonyl (C=O) groups is 1. The third kappa shape index (κ3) is 3.36. The highest BCUT2D eigenvalue weighted by atomic mass is 16.6. The van der Waals surface area contributed by atoms with Crippen LogP contribution in [0.5, 0.6) is 0 Å². The summed E-state index contributed by atoms with van der Waals surface area (Å²) in [5.74, 6) is -0.416. The molecule has 1 aliphatic rings.